The molecule has 0 saturated heterocycles. The van der Waals surface area contributed by atoms with Crippen molar-refractivity contribution in [2.75, 3.05) is 6.54 Å². The minimum absolute atomic E-state index is 0.549. The molecule has 4 nitrogen and oxygen atoms in total. The van der Waals surface area contributed by atoms with Crippen molar-refractivity contribution in [1.29, 1.82) is 0 Å². The highest BCUT2D eigenvalue weighted by Crippen LogP contribution is 2.29. The quantitative estimate of drug-likeness (QED) is 0.942. The molecule has 1 aromatic carbocycles. The Balaban J connectivity index is 2.27. The van der Waals surface area contributed by atoms with Crippen LogP contribution in [0.15, 0.2) is 27.2 Å². The van der Waals surface area contributed by atoms with Crippen LogP contribution < -0.4 is 5.73 Å². The summed E-state index contributed by atoms with van der Waals surface area (Å²) in [5, 5.41) is 3.94. The second-order valence-electron chi connectivity index (χ2n) is 3.84. The lowest BCUT2D eigenvalue weighted by atomic mass is 10.1. The highest BCUT2D eigenvalue weighted by atomic mass is 79.9. The first kappa shape index (κ1) is 12.3. The Bertz CT molecular complexity index is 510. The van der Waals surface area contributed by atoms with E-state index in [9.17, 15) is 0 Å². The molecule has 0 aliphatic heterocycles. The SMILES string of the molecule is Cc1cccc(-c2nc(CCCN)no2)c1Br. The van der Waals surface area contributed by atoms with Gasteiger partial charge in [-0.1, -0.05) is 17.3 Å². The van der Waals surface area contributed by atoms with Crippen LogP contribution in [-0.2, 0) is 6.42 Å². The molecular formula is C12H14BrN3O. The molecule has 0 radical (unpaired) electrons. The minimum Gasteiger partial charge on any atom is -0.334 e. The van der Waals surface area contributed by atoms with Gasteiger partial charge in [0.25, 0.3) is 5.89 Å². The van der Waals surface area contributed by atoms with E-state index in [0.29, 0.717) is 18.3 Å². The summed E-state index contributed by atoms with van der Waals surface area (Å²) in [5.74, 6) is 1.26. The maximum absolute atomic E-state index is 5.44. The van der Waals surface area contributed by atoms with Crippen molar-refractivity contribution in [2.24, 2.45) is 5.73 Å². The molecule has 0 unspecified atom stereocenters. The van der Waals surface area contributed by atoms with E-state index in [1.807, 2.05) is 25.1 Å². The van der Waals surface area contributed by atoms with Gasteiger partial charge in [-0.25, -0.2) is 0 Å². The third-order valence-electron chi connectivity index (χ3n) is 2.49. The Morgan fingerprint density at radius 3 is 3.00 bits per heavy atom. The lowest BCUT2D eigenvalue weighted by molar-refractivity contribution is 0.421. The number of aryl methyl sites for hydroxylation is 2. The average molecular weight is 296 g/mol. The summed E-state index contributed by atoms with van der Waals surface area (Å²) < 4.78 is 6.25. The highest BCUT2D eigenvalue weighted by Gasteiger charge is 2.12. The number of halogens is 1. The van der Waals surface area contributed by atoms with Gasteiger partial charge in [0.1, 0.15) is 0 Å². The van der Waals surface area contributed by atoms with E-state index in [1.165, 1.54) is 0 Å². The summed E-state index contributed by atoms with van der Waals surface area (Å²) in [4.78, 5) is 4.36. The molecule has 0 amide bonds. The number of nitrogens with zero attached hydrogens (tertiary/aromatic N) is 2. The fourth-order valence-corrected chi connectivity index (χ4v) is 1.97. The van der Waals surface area contributed by atoms with Gasteiger partial charge in [-0.15, -0.1) is 0 Å². The van der Waals surface area contributed by atoms with E-state index in [2.05, 4.69) is 26.1 Å². The molecule has 2 aromatic rings. The number of hydrogen-bond donors (Lipinski definition) is 1. The van der Waals surface area contributed by atoms with E-state index in [0.717, 1.165) is 28.4 Å². The average Bonchev–Trinajstić information content (AvgIpc) is 2.78. The predicted octanol–water partition coefficient (Wildman–Crippen LogP) is 2.70. The van der Waals surface area contributed by atoms with Crippen LogP contribution in [0.25, 0.3) is 11.5 Å². The monoisotopic (exact) mass is 295 g/mol. The minimum atomic E-state index is 0.549. The number of hydrogen-bond acceptors (Lipinski definition) is 4. The standard InChI is InChI=1S/C12H14BrN3O/c1-8-4-2-5-9(11(8)13)12-15-10(16-17-12)6-3-7-14/h2,4-5H,3,6-7,14H2,1H3. The first-order chi connectivity index (χ1) is 8.22. The van der Waals surface area contributed by atoms with Crippen molar-refractivity contribution in [3.8, 4) is 11.5 Å². The lowest BCUT2D eigenvalue weighted by Gasteiger charge is -2.01. The third kappa shape index (κ3) is 2.73. The zero-order chi connectivity index (χ0) is 12.3. The molecule has 0 spiro atoms. The summed E-state index contributed by atoms with van der Waals surface area (Å²) in [6.45, 7) is 2.66. The van der Waals surface area contributed by atoms with Crippen molar-refractivity contribution in [1.82, 2.24) is 10.1 Å². The van der Waals surface area contributed by atoms with Gasteiger partial charge in [-0.05, 0) is 47.4 Å². The number of nitrogens with two attached hydrogens (primary N) is 1. The molecule has 0 atom stereocenters. The van der Waals surface area contributed by atoms with Crippen LogP contribution in [0.1, 0.15) is 17.8 Å². The number of benzene rings is 1. The third-order valence-corrected chi connectivity index (χ3v) is 3.55. The van der Waals surface area contributed by atoms with Crippen LogP contribution in [0.4, 0.5) is 0 Å². The van der Waals surface area contributed by atoms with E-state index in [-0.39, 0.29) is 0 Å². The second kappa shape index (κ2) is 5.42. The molecule has 1 aromatic heterocycles. The molecular weight excluding hydrogens is 282 g/mol. The van der Waals surface area contributed by atoms with E-state index in [1.54, 1.807) is 0 Å². The molecule has 2 N–H and O–H groups in total. The molecule has 0 fully saturated rings. The number of rotatable bonds is 4. The first-order valence-electron chi connectivity index (χ1n) is 5.50. The molecule has 1 heterocycles. The van der Waals surface area contributed by atoms with Crippen LogP contribution in [0.2, 0.25) is 0 Å². The molecule has 0 aliphatic carbocycles. The Labute approximate surface area is 108 Å². The summed E-state index contributed by atoms with van der Waals surface area (Å²) in [6, 6.07) is 5.95. The maximum atomic E-state index is 5.44. The summed E-state index contributed by atoms with van der Waals surface area (Å²) in [5.41, 5.74) is 7.51. The number of aromatic nitrogens is 2. The fourth-order valence-electron chi connectivity index (χ4n) is 1.54. The smallest absolute Gasteiger partial charge is 0.259 e. The normalized spacial score (nSPS) is 10.8. The zero-order valence-corrected chi connectivity index (χ0v) is 11.2. The van der Waals surface area contributed by atoms with Gasteiger partial charge in [0.05, 0.1) is 5.56 Å². The van der Waals surface area contributed by atoms with Crippen LogP contribution in [0.5, 0.6) is 0 Å². The van der Waals surface area contributed by atoms with Crippen LogP contribution in [-0.4, -0.2) is 16.7 Å². The van der Waals surface area contributed by atoms with Gasteiger partial charge in [-0.3, -0.25) is 0 Å². The van der Waals surface area contributed by atoms with E-state index < -0.39 is 0 Å². The van der Waals surface area contributed by atoms with Gasteiger partial charge in [0.15, 0.2) is 5.82 Å². The molecule has 90 valence electrons. The van der Waals surface area contributed by atoms with E-state index >= 15 is 0 Å². The Hall–Kier alpha value is -1.20. The Morgan fingerprint density at radius 1 is 1.41 bits per heavy atom. The van der Waals surface area contributed by atoms with Crippen molar-refractivity contribution in [3.05, 3.63) is 34.1 Å². The largest absolute Gasteiger partial charge is 0.334 e. The maximum Gasteiger partial charge on any atom is 0.259 e. The van der Waals surface area contributed by atoms with Crippen molar-refractivity contribution in [3.63, 3.8) is 0 Å². The zero-order valence-electron chi connectivity index (χ0n) is 9.61. The van der Waals surface area contributed by atoms with Crippen molar-refractivity contribution < 1.29 is 4.52 Å². The van der Waals surface area contributed by atoms with Crippen LogP contribution in [0.3, 0.4) is 0 Å². The first-order valence-corrected chi connectivity index (χ1v) is 6.30. The van der Waals surface area contributed by atoms with Gasteiger partial charge >= 0.3 is 0 Å². The van der Waals surface area contributed by atoms with Crippen LogP contribution in [0, 0.1) is 6.92 Å². The molecule has 17 heavy (non-hydrogen) atoms. The molecule has 0 saturated carbocycles. The van der Waals surface area contributed by atoms with Gasteiger partial charge < -0.3 is 10.3 Å². The highest BCUT2D eigenvalue weighted by molar-refractivity contribution is 9.10. The Morgan fingerprint density at radius 2 is 2.24 bits per heavy atom. The second-order valence-corrected chi connectivity index (χ2v) is 4.64. The van der Waals surface area contributed by atoms with Gasteiger partial charge in [-0.2, -0.15) is 4.98 Å². The molecule has 0 bridgehead atoms. The van der Waals surface area contributed by atoms with Gasteiger partial charge in [0.2, 0.25) is 0 Å². The van der Waals surface area contributed by atoms with Gasteiger partial charge in [0, 0.05) is 10.9 Å². The lowest BCUT2D eigenvalue weighted by Crippen LogP contribution is -2.01. The van der Waals surface area contributed by atoms with Crippen molar-refractivity contribution in [2.45, 2.75) is 19.8 Å². The Kier molecular flexibility index (Phi) is 3.91. The van der Waals surface area contributed by atoms with Crippen molar-refractivity contribution >= 4 is 15.9 Å². The van der Waals surface area contributed by atoms with E-state index in [4.69, 9.17) is 10.3 Å². The summed E-state index contributed by atoms with van der Waals surface area (Å²) in [7, 11) is 0. The predicted molar refractivity (Wildman–Crippen MR) is 69.5 cm³/mol. The molecule has 0 aliphatic rings. The van der Waals surface area contributed by atoms with Crippen LogP contribution >= 0.6 is 15.9 Å². The summed E-state index contributed by atoms with van der Waals surface area (Å²) >= 11 is 3.53. The topological polar surface area (TPSA) is 64.9 Å². The summed E-state index contributed by atoms with van der Waals surface area (Å²) in [6.07, 6.45) is 1.62. The molecule has 2 rings (SSSR count). The molecule has 5 heteroatoms. The fraction of sp³-hybridized carbons (Fsp3) is 0.333.